The normalized spacial score (nSPS) is 14.9. The molecule has 1 aliphatic rings. The standard InChI is InChI=1S/C24H20BrN3O4/c1-4-5-17-11-16(13-20(25)21(17)32-7-6-26)12-19-22(29)27-24(31)28(23(19)30)18-9-14(2)8-15(3)10-18/h4,8-13H,1,5,7H2,2-3H3,(H,27,29,31)/b19-12+. The molecule has 162 valence electrons. The Hall–Kier alpha value is -3.70. The van der Waals surface area contributed by atoms with Gasteiger partial charge in [0, 0.05) is 0 Å². The number of ether oxygens (including phenoxy) is 1. The number of anilines is 1. The minimum Gasteiger partial charge on any atom is -0.477 e. The minimum atomic E-state index is -0.795. The molecule has 2 aromatic carbocycles. The van der Waals surface area contributed by atoms with Gasteiger partial charge in [0.05, 0.1) is 10.2 Å². The van der Waals surface area contributed by atoms with E-state index in [0.29, 0.717) is 27.9 Å². The molecule has 0 aliphatic carbocycles. The third-order valence-corrected chi connectivity index (χ3v) is 5.25. The number of imide groups is 2. The number of urea groups is 1. The van der Waals surface area contributed by atoms with Crippen molar-refractivity contribution in [3.05, 3.63) is 75.3 Å². The molecular formula is C24H20BrN3O4. The van der Waals surface area contributed by atoms with Gasteiger partial charge in [-0.2, -0.15) is 5.26 Å². The van der Waals surface area contributed by atoms with Gasteiger partial charge in [-0.15, -0.1) is 6.58 Å². The number of rotatable bonds is 6. The highest BCUT2D eigenvalue weighted by molar-refractivity contribution is 9.10. The molecule has 1 heterocycles. The molecule has 0 spiro atoms. The quantitative estimate of drug-likeness (QED) is 0.366. The van der Waals surface area contributed by atoms with Crippen LogP contribution >= 0.6 is 15.9 Å². The molecule has 0 aromatic heterocycles. The Balaban J connectivity index is 2.05. The van der Waals surface area contributed by atoms with Gasteiger partial charge in [0.1, 0.15) is 17.4 Å². The van der Waals surface area contributed by atoms with Gasteiger partial charge in [0.2, 0.25) is 0 Å². The highest BCUT2D eigenvalue weighted by Gasteiger charge is 2.37. The fourth-order valence-electron chi connectivity index (χ4n) is 3.47. The molecule has 1 N–H and O–H groups in total. The second-order valence-electron chi connectivity index (χ2n) is 7.23. The van der Waals surface area contributed by atoms with E-state index in [9.17, 15) is 14.4 Å². The molecular weight excluding hydrogens is 474 g/mol. The van der Waals surface area contributed by atoms with Crippen LogP contribution < -0.4 is 15.0 Å². The molecule has 0 atom stereocenters. The van der Waals surface area contributed by atoms with Crippen molar-refractivity contribution in [2.75, 3.05) is 11.5 Å². The van der Waals surface area contributed by atoms with Crippen LogP contribution in [0.25, 0.3) is 6.08 Å². The lowest BCUT2D eigenvalue weighted by atomic mass is 10.0. The molecule has 0 bridgehead atoms. The Morgan fingerprint density at radius 1 is 1.16 bits per heavy atom. The predicted molar refractivity (Wildman–Crippen MR) is 124 cm³/mol. The molecule has 4 amide bonds. The summed E-state index contributed by atoms with van der Waals surface area (Å²) in [5, 5.41) is 11.0. The van der Waals surface area contributed by atoms with Gasteiger partial charge in [0.15, 0.2) is 6.61 Å². The summed E-state index contributed by atoms with van der Waals surface area (Å²) in [5.41, 5.74) is 3.25. The van der Waals surface area contributed by atoms with E-state index in [1.807, 2.05) is 26.0 Å². The van der Waals surface area contributed by atoms with Crippen LogP contribution in [0.15, 0.2) is 53.0 Å². The number of benzene rings is 2. The maximum Gasteiger partial charge on any atom is 0.335 e. The first-order valence-electron chi connectivity index (χ1n) is 9.68. The zero-order valence-corrected chi connectivity index (χ0v) is 19.2. The largest absolute Gasteiger partial charge is 0.477 e. The van der Waals surface area contributed by atoms with Crippen molar-refractivity contribution in [3.8, 4) is 11.8 Å². The maximum absolute atomic E-state index is 13.2. The molecule has 2 aromatic rings. The third-order valence-electron chi connectivity index (χ3n) is 4.67. The summed E-state index contributed by atoms with van der Waals surface area (Å²) in [6.07, 6.45) is 3.55. The highest BCUT2D eigenvalue weighted by atomic mass is 79.9. The monoisotopic (exact) mass is 493 g/mol. The van der Waals surface area contributed by atoms with E-state index in [4.69, 9.17) is 10.00 Å². The van der Waals surface area contributed by atoms with E-state index in [0.717, 1.165) is 21.6 Å². The van der Waals surface area contributed by atoms with E-state index in [2.05, 4.69) is 27.8 Å². The average molecular weight is 494 g/mol. The number of nitriles is 1. The van der Waals surface area contributed by atoms with Gasteiger partial charge < -0.3 is 4.74 Å². The summed E-state index contributed by atoms with van der Waals surface area (Å²) in [6.45, 7) is 7.32. The van der Waals surface area contributed by atoms with Crippen molar-refractivity contribution in [2.45, 2.75) is 20.3 Å². The van der Waals surface area contributed by atoms with Crippen LogP contribution in [0.3, 0.4) is 0 Å². The van der Waals surface area contributed by atoms with Gasteiger partial charge >= 0.3 is 6.03 Å². The van der Waals surface area contributed by atoms with Gasteiger partial charge in [-0.1, -0.05) is 12.1 Å². The summed E-state index contributed by atoms with van der Waals surface area (Å²) in [4.78, 5) is 39.1. The number of carbonyl (C=O) groups excluding carboxylic acids is 3. The Morgan fingerprint density at radius 3 is 2.47 bits per heavy atom. The zero-order valence-electron chi connectivity index (χ0n) is 17.6. The molecule has 1 aliphatic heterocycles. The van der Waals surface area contributed by atoms with E-state index in [-0.39, 0.29) is 12.2 Å². The summed E-state index contributed by atoms with van der Waals surface area (Å²) in [5.74, 6) is -0.998. The molecule has 0 saturated carbocycles. The maximum atomic E-state index is 13.2. The van der Waals surface area contributed by atoms with Crippen LogP contribution in [0.5, 0.6) is 5.75 Å². The molecule has 0 radical (unpaired) electrons. The fourth-order valence-corrected chi connectivity index (χ4v) is 4.10. The molecule has 0 unspecified atom stereocenters. The molecule has 1 saturated heterocycles. The Labute approximate surface area is 194 Å². The van der Waals surface area contributed by atoms with E-state index in [1.165, 1.54) is 6.08 Å². The average Bonchev–Trinajstić information content (AvgIpc) is 2.70. The highest BCUT2D eigenvalue weighted by Crippen LogP contribution is 2.33. The number of carbonyl (C=O) groups is 3. The summed E-state index contributed by atoms with van der Waals surface area (Å²) in [6, 6.07) is 9.87. The molecule has 1 fully saturated rings. The SMILES string of the molecule is C=CCc1cc(/C=C2\C(=O)NC(=O)N(c3cc(C)cc(C)c3)C2=O)cc(Br)c1OCC#N. The number of hydrogen-bond acceptors (Lipinski definition) is 5. The Kier molecular flexibility index (Phi) is 6.91. The summed E-state index contributed by atoms with van der Waals surface area (Å²) < 4.78 is 6.05. The van der Waals surface area contributed by atoms with Crippen LogP contribution in [0, 0.1) is 25.2 Å². The van der Waals surface area contributed by atoms with Crippen molar-refractivity contribution in [3.63, 3.8) is 0 Å². The van der Waals surface area contributed by atoms with Crippen molar-refractivity contribution in [1.29, 1.82) is 5.26 Å². The first-order valence-corrected chi connectivity index (χ1v) is 10.5. The number of aryl methyl sites for hydroxylation is 2. The van der Waals surface area contributed by atoms with Crippen molar-refractivity contribution < 1.29 is 19.1 Å². The number of allylic oxidation sites excluding steroid dienone is 1. The van der Waals surface area contributed by atoms with E-state index in [1.54, 1.807) is 30.3 Å². The fraction of sp³-hybridized carbons (Fsp3) is 0.167. The predicted octanol–water partition coefficient (Wildman–Crippen LogP) is 4.36. The van der Waals surface area contributed by atoms with Crippen molar-refractivity contribution in [1.82, 2.24) is 5.32 Å². The van der Waals surface area contributed by atoms with Gasteiger partial charge in [-0.05, 0) is 88.8 Å². The number of barbiturate groups is 1. The number of nitrogens with one attached hydrogen (secondary N) is 1. The third kappa shape index (κ3) is 4.79. The van der Waals surface area contributed by atoms with Crippen LogP contribution in [-0.4, -0.2) is 24.5 Å². The molecule has 3 rings (SSSR count). The topological polar surface area (TPSA) is 99.5 Å². The minimum absolute atomic E-state index is 0.128. The second kappa shape index (κ2) is 9.62. The summed E-state index contributed by atoms with van der Waals surface area (Å²) in [7, 11) is 0. The van der Waals surface area contributed by atoms with Gasteiger partial charge in [-0.25, -0.2) is 9.69 Å². The summed E-state index contributed by atoms with van der Waals surface area (Å²) >= 11 is 3.42. The lowest BCUT2D eigenvalue weighted by molar-refractivity contribution is -0.122. The van der Waals surface area contributed by atoms with E-state index < -0.39 is 17.8 Å². The lowest BCUT2D eigenvalue weighted by Crippen LogP contribution is -2.54. The smallest absolute Gasteiger partial charge is 0.335 e. The zero-order chi connectivity index (χ0) is 23.4. The Morgan fingerprint density at radius 2 is 1.84 bits per heavy atom. The second-order valence-corrected chi connectivity index (χ2v) is 8.09. The number of nitrogens with zero attached hydrogens (tertiary/aromatic N) is 2. The van der Waals surface area contributed by atoms with Gasteiger partial charge in [-0.3, -0.25) is 14.9 Å². The first-order chi connectivity index (χ1) is 15.2. The number of amides is 4. The first kappa shape index (κ1) is 23.0. The van der Waals surface area contributed by atoms with Crippen LogP contribution in [-0.2, 0) is 16.0 Å². The van der Waals surface area contributed by atoms with Crippen LogP contribution in [0.2, 0.25) is 0 Å². The number of halogens is 1. The number of hydrogen-bond donors (Lipinski definition) is 1. The molecule has 32 heavy (non-hydrogen) atoms. The molecule has 8 heteroatoms. The van der Waals surface area contributed by atoms with Crippen molar-refractivity contribution in [2.24, 2.45) is 0 Å². The van der Waals surface area contributed by atoms with Crippen LogP contribution in [0.4, 0.5) is 10.5 Å². The van der Waals surface area contributed by atoms with E-state index >= 15 is 0 Å². The van der Waals surface area contributed by atoms with Crippen LogP contribution in [0.1, 0.15) is 22.3 Å². The molecule has 7 nitrogen and oxygen atoms in total. The van der Waals surface area contributed by atoms with Crippen molar-refractivity contribution >= 4 is 45.5 Å². The van der Waals surface area contributed by atoms with Gasteiger partial charge in [0.25, 0.3) is 11.8 Å². The Bertz CT molecular complexity index is 1190. The lowest BCUT2D eigenvalue weighted by Gasteiger charge is -2.27.